The van der Waals surface area contributed by atoms with Crippen LogP contribution < -0.4 is 16.1 Å². The van der Waals surface area contributed by atoms with Crippen LogP contribution in [0.5, 0.6) is 0 Å². The number of hydroxylamine groups is 1. The minimum absolute atomic E-state index is 0.111. The first-order valence-electron chi connectivity index (χ1n) is 8.58. The van der Waals surface area contributed by atoms with E-state index in [-0.39, 0.29) is 24.0 Å². The van der Waals surface area contributed by atoms with Gasteiger partial charge < -0.3 is 10.6 Å². The fraction of sp³-hybridized carbons (Fsp3) is 0.300. The van der Waals surface area contributed by atoms with E-state index in [0.29, 0.717) is 5.56 Å². The molecule has 138 valence electrons. The molecule has 0 aromatic heterocycles. The number of hydrogen-bond acceptors (Lipinski definition) is 3. The predicted octanol–water partition coefficient (Wildman–Crippen LogP) is 3.56. The zero-order chi connectivity index (χ0) is 19.1. The van der Waals surface area contributed by atoms with E-state index in [9.17, 15) is 9.59 Å². The summed E-state index contributed by atoms with van der Waals surface area (Å²) in [7, 11) is 0. The molecule has 2 aromatic carbocycles. The molecule has 2 rings (SSSR count). The molecule has 0 radical (unpaired) electrons. The third-order valence-corrected chi connectivity index (χ3v) is 4.23. The highest BCUT2D eigenvalue weighted by molar-refractivity contribution is 5.93. The van der Waals surface area contributed by atoms with Crippen molar-refractivity contribution < 1.29 is 14.8 Å². The molecule has 2 aromatic rings. The first kappa shape index (κ1) is 19.5. The van der Waals surface area contributed by atoms with Crippen LogP contribution in [0.4, 0.5) is 4.79 Å². The molecule has 3 amide bonds. The second kappa shape index (κ2) is 9.01. The number of nitrogens with one attached hydrogen (secondary N) is 3. The second-order valence-corrected chi connectivity index (χ2v) is 6.53. The second-order valence-electron chi connectivity index (χ2n) is 6.53. The van der Waals surface area contributed by atoms with Crippen molar-refractivity contribution in [1.29, 1.82) is 0 Å². The Balaban J connectivity index is 2.05. The standard InChI is InChI=1S/C20H25N3O3/c1-13(2)18(16-9-11-17(12-10-16)19(24)23-26)22-20(25)21-14(3)15-7-5-4-6-8-15/h4-14,18,26H,1-3H3,(H,23,24)(H2,21,22,25). The van der Waals surface area contributed by atoms with Crippen molar-refractivity contribution in [2.75, 3.05) is 0 Å². The highest BCUT2D eigenvalue weighted by Gasteiger charge is 2.20. The molecule has 2 atom stereocenters. The van der Waals surface area contributed by atoms with Crippen molar-refractivity contribution >= 4 is 11.9 Å². The first-order chi connectivity index (χ1) is 12.4. The van der Waals surface area contributed by atoms with Gasteiger partial charge in [-0.2, -0.15) is 0 Å². The summed E-state index contributed by atoms with van der Waals surface area (Å²) in [4.78, 5) is 23.8. The van der Waals surface area contributed by atoms with Crippen LogP contribution in [0.15, 0.2) is 54.6 Å². The molecule has 0 saturated heterocycles. The van der Waals surface area contributed by atoms with E-state index in [0.717, 1.165) is 11.1 Å². The average molecular weight is 355 g/mol. The number of carbonyl (C=O) groups excluding carboxylic acids is 2. The lowest BCUT2D eigenvalue weighted by Gasteiger charge is -2.24. The SMILES string of the molecule is CC(NC(=O)NC(c1ccc(C(=O)NO)cc1)C(C)C)c1ccccc1. The van der Waals surface area contributed by atoms with Crippen LogP contribution in [-0.4, -0.2) is 17.1 Å². The normalized spacial score (nSPS) is 13.0. The van der Waals surface area contributed by atoms with Crippen LogP contribution in [0.3, 0.4) is 0 Å². The summed E-state index contributed by atoms with van der Waals surface area (Å²) in [5, 5.41) is 14.6. The molecule has 0 spiro atoms. The van der Waals surface area contributed by atoms with E-state index in [1.807, 2.05) is 51.1 Å². The van der Waals surface area contributed by atoms with Gasteiger partial charge in [-0.3, -0.25) is 10.0 Å². The van der Waals surface area contributed by atoms with Crippen molar-refractivity contribution in [1.82, 2.24) is 16.1 Å². The van der Waals surface area contributed by atoms with E-state index >= 15 is 0 Å². The van der Waals surface area contributed by atoms with Gasteiger partial charge in [0.25, 0.3) is 5.91 Å². The highest BCUT2D eigenvalue weighted by atomic mass is 16.5. The quantitative estimate of drug-likeness (QED) is 0.472. The topological polar surface area (TPSA) is 90.5 Å². The van der Waals surface area contributed by atoms with Crippen molar-refractivity contribution in [3.8, 4) is 0 Å². The Morgan fingerprint density at radius 1 is 0.846 bits per heavy atom. The molecule has 6 heteroatoms. The highest BCUT2D eigenvalue weighted by Crippen LogP contribution is 2.22. The van der Waals surface area contributed by atoms with E-state index in [2.05, 4.69) is 10.6 Å². The van der Waals surface area contributed by atoms with Gasteiger partial charge in [0.2, 0.25) is 0 Å². The Morgan fingerprint density at radius 3 is 2.00 bits per heavy atom. The average Bonchev–Trinajstić information content (AvgIpc) is 2.66. The minimum Gasteiger partial charge on any atom is -0.332 e. The molecule has 0 saturated carbocycles. The molecule has 6 nitrogen and oxygen atoms in total. The van der Waals surface area contributed by atoms with Gasteiger partial charge in [-0.05, 0) is 36.1 Å². The zero-order valence-electron chi connectivity index (χ0n) is 15.2. The number of urea groups is 1. The summed E-state index contributed by atoms with van der Waals surface area (Å²) in [6.07, 6.45) is 0. The van der Waals surface area contributed by atoms with E-state index in [4.69, 9.17) is 5.21 Å². The Bertz CT molecular complexity index is 730. The Hall–Kier alpha value is -2.86. The van der Waals surface area contributed by atoms with Crippen LogP contribution in [0.25, 0.3) is 0 Å². The predicted molar refractivity (Wildman–Crippen MR) is 99.8 cm³/mol. The van der Waals surface area contributed by atoms with E-state index < -0.39 is 5.91 Å². The number of hydrogen-bond donors (Lipinski definition) is 4. The molecule has 0 aliphatic heterocycles. The van der Waals surface area contributed by atoms with Crippen molar-refractivity contribution in [3.63, 3.8) is 0 Å². The molecule has 4 N–H and O–H groups in total. The summed E-state index contributed by atoms with van der Waals surface area (Å²) in [6.45, 7) is 5.96. The molecule has 2 unspecified atom stereocenters. The van der Waals surface area contributed by atoms with Gasteiger partial charge in [0.1, 0.15) is 0 Å². The third-order valence-electron chi connectivity index (χ3n) is 4.23. The maximum absolute atomic E-state index is 12.4. The summed E-state index contributed by atoms with van der Waals surface area (Å²) in [5.74, 6) is -0.412. The van der Waals surface area contributed by atoms with Gasteiger partial charge in [-0.15, -0.1) is 0 Å². The van der Waals surface area contributed by atoms with Crippen LogP contribution >= 0.6 is 0 Å². The maximum Gasteiger partial charge on any atom is 0.315 e. The lowest BCUT2D eigenvalue weighted by molar-refractivity contribution is 0.0706. The van der Waals surface area contributed by atoms with Crippen LogP contribution in [0, 0.1) is 5.92 Å². The monoisotopic (exact) mass is 355 g/mol. The van der Waals surface area contributed by atoms with E-state index in [1.54, 1.807) is 29.7 Å². The van der Waals surface area contributed by atoms with Crippen molar-refractivity contribution in [2.45, 2.75) is 32.9 Å². The molecule has 0 aliphatic rings. The van der Waals surface area contributed by atoms with Gasteiger partial charge >= 0.3 is 6.03 Å². The first-order valence-corrected chi connectivity index (χ1v) is 8.58. The lowest BCUT2D eigenvalue weighted by Crippen LogP contribution is -2.40. The lowest BCUT2D eigenvalue weighted by atomic mass is 9.95. The number of benzene rings is 2. The Morgan fingerprint density at radius 2 is 1.46 bits per heavy atom. The fourth-order valence-corrected chi connectivity index (χ4v) is 2.75. The van der Waals surface area contributed by atoms with Crippen molar-refractivity contribution in [3.05, 3.63) is 71.3 Å². The molecule has 0 aliphatic carbocycles. The van der Waals surface area contributed by atoms with E-state index in [1.165, 1.54) is 0 Å². The van der Waals surface area contributed by atoms with Crippen LogP contribution in [-0.2, 0) is 0 Å². The zero-order valence-corrected chi connectivity index (χ0v) is 15.2. The number of carbonyl (C=O) groups is 2. The molecule has 0 heterocycles. The molecule has 26 heavy (non-hydrogen) atoms. The van der Waals surface area contributed by atoms with Gasteiger partial charge in [-0.1, -0.05) is 56.3 Å². The minimum atomic E-state index is -0.569. The van der Waals surface area contributed by atoms with Gasteiger partial charge in [-0.25, -0.2) is 10.3 Å². The molecule has 0 bridgehead atoms. The van der Waals surface area contributed by atoms with Crippen LogP contribution in [0.1, 0.15) is 54.3 Å². The smallest absolute Gasteiger partial charge is 0.315 e. The maximum atomic E-state index is 12.4. The molecule has 0 fully saturated rings. The fourth-order valence-electron chi connectivity index (χ4n) is 2.75. The van der Waals surface area contributed by atoms with Gasteiger partial charge in [0.05, 0.1) is 12.1 Å². The van der Waals surface area contributed by atoms with Crippen LogP contribution in [0.2, 0.25) is 0 Å². The largest absolute Gasteiger partial charge is 0.332 e. The molecular formula is C20H25N3O3. The summed E-state index contributed by atoms with van der Waals surface area (Å²) >= 11 is 0. The third kappa shape index (κ3) is 5.07. The Kier molecular flexibility index (Phi) is 6.74. The van der Waals surface area contributed by atoms with Gasteiger partial charge in [0, 0.05) is 5.56 Å². The van der Waals surface area contributed by atoms with Gasteiger partial charge in [0.15, 0.2) is 0 Å². The molecular weight excluding hydrogens is 330 g/mol. The summed E-state index contributed by atoms with van der Waals surface area (Å²) in [5.41, 5.74) is 3.87. The summed E-state index contributed by atoms with van der Waals surface area (Å²) < 4.78 is 0. The van der Waals surface area contributed by atoms with Crippen molar-refractivity contribution in [2.24, 2.45) is 5.92 Å². The Labute approximate surface area is 153 Å². The summed E-state index contributed by atoms with van der Waals surface area (Å²) in [6, 6.07) is 16.0. The number of rotatable bonds is 6. The number of amides is 3.